The molecule has 3 aromatic rings. The molecule has 1 aliphatic heterocycles. The molecule has 1 aromatic heterocycles. The van der Waals surface area contributed by atoms with E-state index in [0.717, 1.165) is 0 Å². The maximum Gasteiger partial charge on any atom is 0.276 e. The molecule has 8 nitrogen and oxygen atoms in total. The van der Waals surface area contributed by atoms with Gasteiger partial charge in [-0.05, 0) is 30.3 Å². The summed E-state index contributed by atoms with van der Waals surface area (Å²) in [6.45, 7) is 0.353. The largest absolute Gasteiger partial charge is 0.383 e. The van der Waals surface area contributed by atoms with Gasteiger partial charge in [-0.2, -0.15) is 4.31 Å². The van der Waals surface area contributed by atoms with Crippen molar-refractivity contribution in [3.63, 3.8) is 0 Å². The molecule has 0 saturated carbocycles. The number of rotatable bonds is 5. The monoisotopic (exact) mass is 446 g/mol. The van der Waals surface area contributed by atoms with Crippen LogP contribution in [0.2, 0.25) is 5.02 Å². The summed E-state index contributed by atoms with van der Waals surface area (Å²) in [5.74, 6) is -0.450. The van der Waals surface area contributed by atoms with Crippen molar-refractivity contribution in [2.24, 2.45) is 0 Å². The summed E-state index contributed by atoms with van der Waals surface area (Å²) < 4.78 is 34.5. The number of methoxy groups -OCH3 is 1. The van der Waals surface area contributed by atoms with Crippen LogP contribution in [0.1, 0.15) is 16.2 Å². The van der Waals surface area contributed by atoms with Gasteiger partial charge in [0.2, 0.25) is 10.0 Å². The molecular weight excluding hydrogens is 428 g/mol. The molecule has 4 rings (SSSR count). The van der Waals surface area contributed by atoms with Crippen molar-refractivity contribution < 1.29 is 17.9 Å². The van der Waals surface area contributed by atoms with Gasteiger partial charge in [0.05, 0.1) is 24.5 Å². The summed E-state index contributed by atoms with van der Waals surface area (Å²) in [4.78, 5) is 17.4. The molecule has 2 aromatic carbocycles. The third-order valence-electron chi connectivity index (χ3n) is 4.78. The number of carbonyl (C=O) groups is 1. The highest BCUT2D eigenvalue weighted by molar-refractivity contribution is 7.89. The number of ether oxygens (including phenoxy) is 1. The first-order valence-corrected chi connectivity index (χ1v) is 11.0. The van der Waals surface area contributed by atoms with Crippen LogP contribution in [0, 0.1) is 0 Å². The summed E-state index contributed by atoms with van der Waals surface area (Å²) in [6.07, 6.45) is 1.47. The summed E-state index contributed by atoms with van der Waals surface area (Å²) in [6, 6.07) is 13.4. The highest BCUT2D eigenvalue weighted by Gasteiger charge is 2.34. The van der Waals surface area contributed by atoms with Gasteiger partial charge in [-0.25, -0.2) is 13.4 Å². The fraction of sp³-hybridized carbons (Fsp3) is 0.200. The topological polar surface area (TPSA) is 93.5 Å². The molecule has 0 saturated heterocycles. The molecule has 2 heterocycles. The van der Waals surface area contributed by atoms with Crippen molar-refractivity contribution in [1.29, 1.82) is 0 Å². The van der Waals surface area contributed by atoms with Gasteiger partial charge in [-0.3, -0.25) is 9.36 Å². The van der Waals surface area contributed by atoms with Gasteiger partial charge < -0.3 is 10.1 Å². The first kappa shape index (κ1) is 20.5. The third-order valence-corrected chi connectivity index (χ3v) is 6.91. The molecule has 0 fully saturated rings. The van der Waals surface area contributed by atoms with Crippen molar-refractivity contribution in [2.75, 3.05) is 25.6 Å². The number of carbonyl (C=O) groups excluding carboxylic acids is 1. The van der Waals surface area contributed by atoms with Crippen LogP contribution in [0.25, 0.3) is 5.69 Å². The number of sulfonamides is 1. The summed E-state index contributed by atoms with van der Waals surface area (Å²) in [7, 11) is -2.27. The number of nitrogens with one attached hydrogen (secondary N) is 1. The SMILES string of the molecule is COCCN1Cc2c(C(=O)Nc3cccc(Cl)c3)ncn2-c2ccccc2S1(=O)=O. The van der Waals surface area contributed by atoms with Gasteiger partial charge >= 0.3 is 0 Å². The number of benzene rings is 2. The van der Waals surface area contributed by atoms with Crippen LogP contribution in [0.4, 0.5) is 5.69 Å². The van der Waals surface area contributed by atoms with Gasteiger partial charge in [-0.15, -0.1) is 0 Å². The molecule has 0 radical (unpaired) electrons. The Morgan fingerprint density at radius 2 is 2.03 bits per heavy atom. The Balaban J connectivity index is 1.78. The zero-order valence-corrected chi connectivity index (χ0v) is 17.7. The number of halogens is 1. The fourth-order valence-corrected chi connectivity index (χ4v) is 5.09. The molecule has 1 N–H and O–H groups in total. The maximum atomic E-state index is 13.2. The Hall–Kier alpha value is -2.72. The molecule has 0 unspecified atom stereocenters. The number of amides is 1. The van der Waals surface area contributed by atoms with Crippen LogP contribution in [0.5, 0.6) is 0 Å². The molecular formula is C20H19ClN4O4S. The number of hydrogen-bond acceptors (Lipinski definition) is 5. The minimum atomic E-state index is -3.78. The molecule has 0 aliphatic carbocycles. The van der Waals surface area contributed by atoms with Crippen LogP contribution < -0.4 is 5.32 Å². The van der Waals surface area contributed by atoms with E-state index in [9.17, 15) is 13.2 Å². The number of hydrogen-bond donors (Lipinski definition) is 1. The number of nitrogens with zero attached hydrogens (tertiary/aromatic N) is 3. The predicted molar refractivity (Wildman–Crippen MR) is 112 cm³/mol. The number of anilines is 1. The van der Waals surface area contributed by atoms with Gasteiger partial charge in [-0.1, -0.05) is 29.8 Å². The second-order valence-electron chi connectivity index (χ2n) is 6.67. The zero-order valence-electron chi connectivity index (χ0n) is 16.1. The van der Waals surface area contributed by atoms with Crippen molar-refractivity contribution in [2.45, 2.75) is 11.4 Å². The van der Waals surface area contributed by atoms with E-state index in [4.69, 9.17) is 16.3 Å². The molecule has 156 valence electrons. The first-order valence-electron chi connectivity index (χ1n) is 9.13. The lowest BCUT2D eigenvalue weighted by Crippen LogP contribution is -2.33. The molecule has 30 heavy (non-hydrogen) atoms. The third kappa shape index (κ3) is 3.72. The lowest BCUT2D eigenvalue weighted by molar-refractivity contribution is 0.102. The van der Waals surface area contributed by atoms with Crippen molar-refractivity contribution in [1.82, 2.24) is 13.9 Å². The van der Waals surface area contributed by atoms with Gasteiger partial charge in [0.25, 0.3) is 5.91 Å². The highest BCUT2D eigenvalue weighted by atomic mass is 35.5. The fourth-order valence-electron chi connectivity index (χ4n) is 3.34. The van der Waals surface area contributed by atoms with Gasteiger partial charge in [0.1, 0.15) is 11.2 Å². The van der Waals surface area contributed by atoms with Crippen molar-refractivity contribution in [3.05, 3.63) is 71.3 Å². The van der Waals surface area contributed by atoms with Gasteiger partial charge in [0, 0.05) is 24.4 Å². The van der Waals surface area contributed by atoms with Crippen LogP contribution in [0.15, 0.2) is 59.8 Å². The van der Waals surface area contributed by atoms with Gasteiger partial charge in [0.15, 0.2) is 5.69 Å². The molecule has 1 amide bonds. The number of fused-ring (bicyclic) bond motifs is 3. The Kier molecular flexibility index (Phi) is 5.61. The van der Waals surface area contributed by atoms with E-state index in [0.29, 0.717) is 22.1 Å². The Morgan fingerprint density at radius 3 is 2.80 bits per heavy atom. The molecule has 10 heteroatoms. The molecule has 0 atom stereocenters. The zero-order chi connectivity index (χ0) is 21.3. The normalized spacial score (nSPS) is 15.1. The average molecular weight is 447 g/mol. The average Bonchev–Trinajstić information content (AvgIpc) is 3.11. The van der Waals surface area contributed by atoms with Crippen LogP contribution in [-0.4, -0.2) is 48.4 Å². The second kappa shape index (κ2) is 8.19. The number of aromatic nitrogens is 2. The Bertz CT molecular complexity index is 1210. The lowest BCUT2D eigenvalue weighted by atomic mass is 10.2. The smallest absolute Gasteiger partial charge is 0.276 e. The minimum Gasteiger partial charge on any atom is -0.383 e. The maximum absolute atomic E-state index is 13.2. The van der Waals surface area contributed by atoms with Crippen LogP contribution >= 0.6 is 11.6 Å². The summed E-state index contributed by atoms with van der Waals surface area (Å²) in [5, 5.41) is 3.25. The Morgan fingerprint density at radius 1 is 1.23 bits per heavy atom. The van der Waals surface area contributed by atoms with E-state index in [1.54, 1.807) is 53.1 Å². The molecule has 0 spiro atoms. The lowest BCUT2D eigenvalue weighted by Gasteiger charge is -2.20. The van der Waals surface area contributed by atoms with E-state index in [2.05, 4.69) is 10.3 Å². The van der Waals surface area contributed by atoms with E-state index in [1.807, 2.05) is 0 Å². The van der Waals surface area contributed by atoms with Crippen molar-refractivity contribution >= 4 is 33.2 Å². The highest BCUT2D eigenvalue weighted by Crippen LogP contribution is 2.31. The Labute approximate surface area is 179 Å². The number of imidazole rings is 1. The van der Waals surface area contributed by atoms with E-state index in [-0.39, 0.29) is 30.3 Å². The van der Waals surface area contributed by atoms with Crippen LogP contribution in [-0.2, 0) is 21.3 Å². The quantitative estimate of drug-likeness (QED) is 0.650. The van der Waals surface area contributed by atoms with E-state index >= 15 is 0 Å². The second-order valence-corrected chi connectivity index (χ2v) is 9.02. The summed E-state index contributed by atoms with van der Waals surface area (Å²) in [5.41, 5.74) is 1.58. The summed E-state index contributed by atoms with van der Waals surface area (Å²) >= 11 is 5.99. The van der Waals surface area contributed by atoms with Crippen molar-refractivity contribution in [3.8, 4) is 5.69 Å². The predicted octanol–water partition coefficient (Wildman–Crippen LogP) is 2.93. The first-order chi connectivity index (χ1) is 14.4. The van der Waals surface area contributed by atoms with Crippen LogP contribution in [0.3, 0.4) is 0 Å². The van der Waals surface area contributed by atoms with E-state index in [1.165, 1.54) is 17.7 Å². The molecule has 1 aliphatic rings. The molecule has 0 bridgehead atoms. The van der Waals surface area contributed by atoms with E-state index < -0.39 is 15.9 Å². The minimum absolute atomic E-state index is 0.0152. The number of para-hydroxylation sites is 1. The standard InChI is InChI=1S/C20H19ClN4O4S/c1-29-10-9-24-12-17-19(20(26)23-15-6-4-5-14(21)11-15)22-13-25(17)16-7-2-3-8-18(16)30(24,27)28/h2-8,11,13H,9-10,12H2,1H3,(H,23,26).